The quantitative estimate of drug-likeness (QED) is 0.145. The van der Waals surface area contributed by atoms with Crippen molar-refractivity contribution in [1.29, 1.82) is 0 Å². The Kier molecular flexibility index (Phi) is 9.39. The van der Waals surface area contributed by atoms with Crippen LogP contribution in [0.1, 0.15) is 48.4 Å². The topological polar surface area (TPSA) is 6.48 Å². The lowest BCUT2D eigenvalue weighted by Gasteiger charge is -2.31. The summed E-state index contributed by atoms with van der Waals surface area (Å²) in [5, 5.41) is 0. The summed E-state index contributed by atoms with van der Waals surface area (Å²) in [6.07, 6.45) is 8.05. The van der Waals surface area contributed by atoms with Crippen LogP contribution in [0.15, 0.2) is 224 Å². The van der Waals surface area contributed by atoms with E-state index in [4.69, 9.17) is 0 Å². The molecule has 2 heteroatoms. The number of allylic oxidation sites excluding steroid dienone is 4. The van der Waals surface area contributed by atoms with E-state index in [0.29, 0.717) is 0 Å². The second kappa shape index (κ2) is 15.3. The van der Waals surface area contributed by atoms with Gasteiger partial charge in [-0.05, 0) is 123 Å². The Morgan fingerprint density at radius 3 is 1.59 bits per heavy atom. The molecule has 2 aliphatic rings. The molecule has 2 nitrogen and oxygen atoms in total. The molecular weight excluding hydrogens is 713 g/mol. The molecule has 1 atom stereocenters. The van der Waals surface area contributed by atoms with Gasteiger partial charge in [-0.25, -0.2) is 0 Å². The van der Waals surface area contributed by atoms with Gasteiger partial charge in [0.1, 0.15) is 0 Å². The van der Waals surface area contributed by atoms with Crippen molar-refractivity contribution >= 4 is 39.7 Å². The van der Waals surface area contributed by atoms with E-state index in [-0.39, 0.29) is 11.3 Å². The molecule has 0 radical (unpaired) electrons. The van der Waals surface area contributed by atoms with Gasteiger partial charge in [0.05, 0.1) is 0 Å². The molecule has 0 aliphatic heterocycles. The fourth-order valence-corrected chi connectivity index (χ4v) is 9.17. The molecule has 0 heterocycles. The van der Waals surface area contributed by atoms with Gasteiger partial charge < -0.3 is 9.80 Å². The van der Waals surface area contributed by atoms with E-state index < -0.39 is 0 Å². The van der Waals surface area contributed by atoms with Crippen LogP contribution in [-0.4, -0.2) is 0 Å². The van der Waals surface area contributed by atoms with Crippen LogP contribution < -0.4 is 9.80 Å². The van der Waals surface area contributed by atoms with Gasteiger partial charge >= 0.3 is 0 Å². The summed E-state index contributed by atoms with van der Waals surface area (Å²) in [6.45, 7) is 4.72. The molecule has 0 aromatic heterocycles. The Hall–Kier alpha value is -7.16. The summed E-state index contributed by atoms with van der Waals surface area (Å²) < 4.78 is 0. The van der Waals surface area contributed by atoms with Crippen LogP contribution in [-0.2, 0) is 5.41 Å². The highest BCUT2D eigenvalue weighted by molar-refractivity contribution is 5.87. The summed E-state index contributed by atoms with van der Waals surface area (Å²) in [5.74, 6) is 0.239. The predicted molar refractivity (Wildman–Crippen MR) is 250 cm³/mol. The molecule has 284 valence electrons. The maximum Gasteiger partial charge on any atom is 0.0499 e. The van der Waals surface area contributed by atoms with E-state index in [2.05, 4.69) is 248 Å². The average molecular weight is 759 g/mol. The molecule has 8 aromatic carbocycles. The summed E-state index contributed by atoms with van der Waals surface area (Å²) in [4.78, 5) is 4.78. The van der Waals surface area contributed by atoms with Crippen LogP contribution in [0.5, 0.6) is 0 Å². The van der Waals surface area contributed by atoms with Crippen molar-refractivity contribution < 1.29 is 0 Å². The Labute approximate surface area is 348 Å². The van der Waals surface area contributed by atoms with Gasteiger partial charge in [0, 0.05) is 45.5 Å². The summed E-state index contributed by atoms with van der Waals surface area (Å²) >= 11 is 0. The number of rotatable bonds is 9. The fourth-order valence-electron chi connectivity index (χ4n) is 9.17. The Morgan fingerprint density at radius 2 is 0.932 bits per heavy atom. The number of para-hydroxylation sites is 3. The van der Waals surface area contributed by atoms with Crippen molar-refractivity contribution in [2.75, 3.05) is 9.80 Å². The first-order valence-electron chi connectivity index (χ1n) is 20.7. The van der Waals surface area contributed by atoms with Crippen molar-refractivity contribution in [3.63, 3.8) is 0 Å². The van der Waals surface area contributed by atoms with Gasteiger partial charge in [0.2, 0.25) is 0 Å². The molecule has 0 saturated carbocycles. The zero-order valence-electron chi connectivity index (χ0n) is 33.5. The lowest BCUT2D eigenvalue weighted by molar-refractivity contribution is 0.660. The third kappa shape index (κ3) is 6.77. The maximum absolute atomic E-state index is 2.45. The SMILES string of the molecule is CC1(C)c2ccccc2-c2ccc(N(c3ccccc3)c3ccccc3C3C=CC(c4ccc(N(c5ccccc5)c5ccc(-c6ccccc6)cc5)cc4)=CC3)cc21. The van der Waals surface area contributed by atoms with Crippen LogP contribution in [0.4, 0.5) is 34.1 Å². The Bertz CT molecular complexity index is 2800. The second-order valence-electron chi connectivity index (χ2n) is 16.1. The zero-order chi connectivity index (χ0) is 39.8. The minimum Gasteiger partial charge on any atom is -0.311 e. The maximum atomic E-state index is 2.45. The lowest BCUT2D eigenvalue weighted by Crippen LogP contribution is -2.17. The van der Waals surface area contributed by atoms with Gasteiger partial charge in [0.25, 0.3) is 0 Å². The first kappa shape index (κ1) is 36.2. The van der Waals surface area contributed by atoms with E-state index in [1.807, 2.05) is 0 Å². The molecule has 0 fully saturated rings. The minimum absolute atomic E-state index is 0.0801. The first-order valence-corrected chi connectivity index (χ1v) is 20.7. The number of fused-ring (bicyclic) bond motifs is 3. The van der Waals surface area contributed by atoms with E-state index >= 15 is 0 Å². The van der Waals surface area contributed by atoms with Gasteiger partial charge in [-0.3, -0.25) is 0 Å². The highest BCUT2D eigenvalue weighted by Gasteiger charge is 2.36. The minimum atomic E-state index is -0.0801. The van der Waals surface area contributed by atoms with Crippen molar-refractivity contribution in [1.82, 2.24) is 0 Å². The molecular formula is C57H46N2. The molecule has 0 saturated heterocycles. The Balaban J connectivity index is 0.936. The third-order valence-corrected chi connectivity index (χ3v) is 12.2. The normalized spacial score (nSPS) is 14.9. The number of hydrogen-bond acceptors (Lipinski definition) is 2. The standard InChI is InChI=1S/C57H46N2/c1-57(2)54-24-14-12-23-52(54)53-39-38-50(40-55(53)57)59(47-20-10-5-11-21-47)56-25-15-13-22-51(56)45-28-26-42(27-29-45)44-32-36-49(37-33-44)58(46-18-8-4-9-19-46)48-34-30-43(31-35-48)41-16-6-3-7-17-41/h3-28,30-40,45H,29H2,1-2H3. The van der Waals surface area contributed by atoms with Crippen LogP contribution in [0.25, 0.3) is 27.8 Å². The smallest absolute Gasteiger partial charge is 0.0499 e. The van der Waals surface area contributed by atoms with Gasteiger partial charge in [-0.15, -0.1) is 0 Å². The molecule has 0 amide bonds. The molecule has 0 spiro atoms. The highest BCUT2D eigenvalue weighted by atomic mass is 15.1. The first-order chi connectivity index (χ1) is 29.0. The van der Waals surface area contributed by atoms with Gasteiger partial charge in [0.15, 0.2) is 0 Å². The monoisotopic (exact) mass is 758 g/mol. The molecule has 1 unspecified atom stereocenters. The molecule has 0 N–H and O–H groups in total. The molecule has 0 bridgehead atoms. The highest BCUT2D eigenvalue weighted by Crippen LogP contribution is 2.51. The van der Waals surface area contributed by atoms with E-state index in [1.54, 1.807) is 0 Å². The average Bonchev–Trinajstić information content (AvgIpc) is 3.53. The zero-order valence-corrected chi connectivity index (χ0v) is 33.5. The lowest BCUT2D eigenvalue weighted by atomic mass is 9.82. The van der Waals surface area contributed by atoms with Crippen molar-refractivity contribution in [2.24, 2.45) is 0 Å². The summed E-state index contributed by atoms with van der Waals surface area (Å²) in [6, 6.07) is 74.8. The van der Waals surface area contributed by atoms with Crippen molar-refractivity contribution in [3.8, 4) is 22.3 Å². The Morgan fingerprint density at radius 1 is 0.424 bits per heavy atom. The van der Waals surface area contributed by atoms with Gasteiger partial charge in [-0.2, -0.15) is 0 Å². The van der Waals surface area contributed by atoms with E-state index in [9.17, 15) is 0 Å². The van der Waals surface area contributed by atoms with Crippen LogP contribution >= 0.6 is 0 Å². The molecule has 59 heavy (non-hydrogen) atoms. The van der Waals surface area contributed by atoms with E-state index in [0.717, 1.165) is 29.2 Å². The van der Waals surface area contributed by atoms with E-state index in [1.165, 1.54) is 61.5 Å². The number of nitrogens with zero attached hydrogens (tertiary/aromatic N) is 2. The van der Waals surface area contributed by atoms with Crippen LogP contribution in [0.2, 0.25) is 0 Å². The largest absolute Gasteiger partial charge is 0.311 e. The second-order valence-corrected chi connectivity index (χ2v) is 16.1. The third-order valence-electron chi connectivity index (χ3n) is 12.2. The fraction of sp³-hybridized carbons (Fsp3) is 0.0877. The van der Waals surface area contributed by atoms with Crippen LogP contribution in [0.3, 0.4) is 0 Å². The molecule has 10 rings (SSSR count). The number of hydrogen-bond donors (Lipinski definition) is 0. The molecule has 8 aromatic rings. The summed E-state index contributed by atoms with van der Waals surface area (Å²) in [7, 11) is 0. The summed E-state index contributed by atoms with van der Waals surface area (Å²) in [5.41, 5.74) is 18.5. The number of benzene rings is 8. The predicted octanol–water partition coefficient (Wildman–Crippen LogP) is 15.7. The number of anilines is 6. The molecule has 2 aliphatic carbocycles. The van der Waals surface area contributed by atoms with Crippen LogP contribution in [0, 0.1) is 0 Å². The van der Waals surface area contributed by atoms with Crippen molar-refractivity contribution in [2.45, 2.75) is 31.6 Å². The van der Waals surface area contributed by atoms with Gasteiger partial charge in [-0.1, -0.05) is 172 Å². The van der Waals surface area contributed by atoms with Crippen molar-refractivity contribution in [3.05, 3.63) is 247 Å².